The third-order valence-corrected chi connectivity index (χ3v) is 0.562. The zero-order chi connectivity index (χ0) is 4.24. The van der Waals surface area contributed by atoms with E-state index in [1.54, 1.807) is 13.9 Å². The maximum atomic E-state index is 4.65. The number of hydrogen-bond acceptors (Lipinski definition) is 2. The molecule has 0 unspecified atom stereocenters. The van der Waals surface area contributed by atoms with Gasteiger partial charge in [0.15, 0.2) is 0 Å². The average Bonchev–Trinajstić information content (AvgIpc) is 1.72. The van der Waals surface area contributed by atoms with E-state index in [9.17, 15) is 0 Å². The van der Waals surface area contributed by atoms with Crippen LogP contribution >= 0.6 is 0 Å². The summed E-state index contributed by atoms with van der Waals surface area (Å²) in [7, 11) is 1.56. The van der Waals surface area contributed by atoms with Crippen LogP contribution < -0.4 is 5.23 Å². The van der Waals surface area contributed by atoms with E-state index in [1.807, 2.05) is 6.08 Å². The molecule has 0 aromatic heterocycles. The van der Waals surface area contributed by atoms with Crippen LogP contribution in [-0.2, 0) is 4.65 Å². The zero-order valence-electron chi connectivity index (χ0n) is 3.35. The second-order valence-corrected chi connectivity index (χ2v) is 1.03. The van der Waals surface area contributed by atoms with Crippen molar-refractivity contribution in [1.29, 1.82) is 0 Å². The quantitative estimate of drug-likeness (QED) is 0.403. The first-order valence-electron chi connectivity index (χ1n) is 1.86. The Balaban J connectivity index is 2.26. The Morgan fingerprint density at radius 2 is 2.83 bits per heavy atom. The van der Waals surface area contributed by atoms with Gasteiger partial charge in [-0.1, -0.05) is 0 Å². The molecule has 31 valence electrons. The zero-order valence-corrected chi connectivity index (χ0v) is 3.35. The highest BCUT2D eigenvalue weighted by atomic mass is 16.4. The van der Waals surface area contributed by atoms with E-state index in [-0.39, 0.29) is 0 Å². The van der Waals surface area contributed by atoms with Gasteiger partial charge in [0.25, 0.3) is 0 Å². The Kier molecular flexibility index (Phi) is 1.17. The topological polar surface area (TPSA) is 21.3 Å². The Bertz CT molecular complexity index is 55.8. The van der Waals surface area contributed by atoms with E-state index in [4.69, 9.17) is 0 Å². The van der Waals surface area contributed by atoms with Gasteiger partial charge in [-0.05, 0) is 6.08 Å². The second-order valence-electron chi connectivity index (χ2n) is 1.03. The van der Waals surface area contributed by atoms with Crippen molar-refractivity contribution in [3.63, 3.8) is 0 Å². The lowest BCUT2D eigenvalue weighted by Gasteiger charge is -2.01. The van der Waals surface area contributed by atoms with Gasteiger partial charge in [0.05, 0.1) is 6.26 Å². The molecule has 0 spiro atoms. The first-order chi connectivity index (χ1) is 3.00. The van der Waals surface area contributed by atoms with Crippen LogP contribution in [0.4, 0.5) is 0 Å². The molecule has 0 fully saturated rings. The van der Waals surface area contributed by atoms with Crippen LogP contribution in [0.15, 0.2) is 12.3 Å². The molecule has 1 aliphatic heterocycles. The van der Waals surface area contributed by atoms with Crippen molar-refractivity contribution in [2.45, 2.75) is 0 Å². The molecule has 2 nitrogen and oxygen atoms in total. The molecular weight excluding hydrogens is 76.9 g/mol. The fourth-order valence-electron chi connectivity index (χ4n) is 0.307. The van der Waals surface area contributed by atoms with E-state index in [2.05, 4.69) is 9.88 Å². The highest BCUT2D eigenvalue weighted by molar-refractivity contribution is 6.24. The normalized spacial score (nSPS) is 18.7. The fraction of sp³-hybridized carbons (Fsp3) is 0.333. The van der Waals surface area contributed by atoms with Crippen molar-refractivity contribution >= 4 is 7.62 Å². The SMILES string of the molecule is [B]1NCC=CO1. The van der Waals surface area contributed by atoms with E-state index in [0.29, 0.717) is 0 Å². The Morgan fingerprint density at radius 3 is 3.00 bits per heavy atom. The van der Waals surface area contributed by atoms with Crippen LogP contribution in [0.5, 0.6) is 0 Å². The lowest BCUT2D eigenvalue weighted by molar-refractivity contribution is 0.487. The Morgan fingerprint density at radius 1 is 1.83 bits per heavy atom. The summed E-state index contributed by atoms with van der Waals surface area (Å²) >= 11 is 0. The maximum Gasteiger partial charge on any atom is 0.477 e. The van der Waals surface area contributed by atoms with Gasteiger partial charge in [-0.15, -0.1) is 0 Å². The standard InChI is InChI=1S/C3H5BNO/c1-2-5-4-6-3-1/h1,3,5H,2H2. The largest absolute Gasteiger partial charge is 0.554 e. The Hall–Kier alpha value is -0.435. The van der Waals surface area contributed by atoms with Crippen molar-refractivity contribution in [2.75, 3.05) is 6.54 Å². The molecular formula is C3H5BNO. The van der Waals surface area contributed by atoms with E-state index in [1.165, 1.54) is 0 Å². The monoisotopic (exact) mass is 82.0 g/mol. The lowest BCUT2D eigenvalue weighted by atomic mass is 10.2. The second kappa shape index (κ2) is 1.87. The van der Waals surface area contributed by atoms with E-state index >= 15 is 0 Å². The first-order valence-corrected chi connectivity index (χ1v) is 1.86. The summed E-state index contributed by atoms with van der Waals surface area (Å²) in [4.78, 5) is 0. The molecule has 1 rings (SSSR count). The molecule has 1 N–H and O–H groups in total. The Labute approximate surface area is 37.5 Å². The summed E-state index contributed by atoms with van der Waals surface area (Å²) in [6, 6.07) is 0. The van der Waals surface area contributed by atoms with Crippen LogP contribution in [0.25, 0.3) is 0 Å². The maximum absolute atomic E-state index is 4.65. The predicted octanol–water partition coefficient (Wildman–Crippen LogP) is -0.346. The van der Waals surface area contributed by atoms with Crippen molar-refractivity contribution in [3.05, 3.63) is 12.3 Å². The smallest absolute Gasteiger partial charge is 0.477 e. The highest BCUT2D eigenvalue weighted by Gasteiger charge is 1.90. The molecule has 0 amide bonds. The molecule has 0 aromatic rings. The first kappa shape index (κ1) is 3.74. The number of rotatable bonds is 0. The average molecular weight is 81.9 g/mol. The third kappa shape index (κ3) is 0.757. The van der Waals surface area contributed by atoms with Gasteiger partial charge in [0.2, 0.25) is 0 Å². The highest BCUT2D eigenvalue weighted by Crippen LogP contribution is 1.76. The minimum Gasteiger partial charge on any atom is -0.554 e. The van der Waals surface area contributed by atoms with E-state index < -0.39 is 0 Å². The fourth-order valence-corrected chi connectivity index (χ4v) is 0.307. The van der Waals surface area contributed by atoms with Crippen molar-refractivity contribution in [1.82, 2.24) is 5.23 Å². The van der Waals surface area contributed by atoms with Crippen molar-refractivity contribution < 1.29 is 4.65 Å². The number of hydrogen-bond donors (Lipinski definition) is 1. The summed E-state index contributed by atoms with van der Waals surface area (Å²) in [5.41, 5.74) is 0. The molecule has 0 bridgehead atoms. The molecule has 1 radical (unpaired) electrons. The van der Waals surface area contributed by atoms with E-state index in [0.717, 1.165) is 6.54 Å². The van der Waals surface area contributed by atoms with Crippen LogP contribution in [0.3, 0.4) is 0 Å². The van der Waals surface area contributed by atoms with Crippen molar-refractivity contribution in [3.8, 4) is 0 Å². The molecule has 6 heavy (non-hydrogen) atoms. The van der Waals surface area contributed by atoms with Gasteiger partial charge in [-0.2, -0.15) is 0 Å². The van der Waals surface area contributed by atoms with Gasteiger partial charge in [-0.25, -0.2) is 0 Å². The molecule has 0 aliphatic carbocycles. The van der Waals surface area contributed by atoms with Crippen LogP contribution in [0.2, 0.25) is 0 Å². The molecule has 1 heterocycles. The van der Waals surface area contributed by atoms with Crippen LogP contribution in [-0.4, -0.2) is 14.2 Å². The molecule has 0 saturated carbocycles. The summed E-state index contributed by atoms with van der Waals surface area (Å²) in [5.74, 6) is 0. The summed E-state index contributed by atoms with van der Waals surface area (Å²) < 4.78 is 4.65. The minimum atomic E-state index is 0.889. The van der Waals surface area contributed by atoms with Gasteiger partial charge in [0, 0.05) is 6.54 Å². The lowest BCUT2D eigenvalue weighted by Crippen LogP contribution is -2.23. The molecule has 0 atom stereocenters. The summed E-state index contributed by atoms with van der Waals surface area (Å²) in [6.07, 6.45) is 3.55. The molecule has 1 aliphatic rings. The van der Waals surface area contributed by atoms with Gasteiger partial charge in [0.1, 0.15) is 0 Å². The predicted molar refractivity (Wildman–Crippen MR) is 24.0 cm³/mol. The van der Waals surface area contributed by atoms with Crippen molar-refractivity contribution in [2.24, 2.45) is 0 Å². The molecule has 0 saturated heterocycles. The summed E-state index contributed by atoms with van der Waals surface area (Å²) in [5, 5.41) is 2.85. The van der Waals surface area contributed by atoms with Crippen LogP contribution in [0.1, 0.15) is 0 Å². The number of nitrogens with one attached hydrogen (secondary N) is 1. The molecule has 0 aromatic carbocycles. The van der Waals surface area contributed by atoms with Gasteiger partial charge >= 0.3 is 7.62 Å². The molecule has 3 heteroatoms. The van der Waals surface area contributed by atoms with Gasteiger partial charge in [-0.3, -0.25) is 0 Å². The van der Waals surface area contributed by atoms with Crippen LogP contribution in [0, 0.1) is 0 Å². The van der Waals surface area contributed by atoms with Gasteiger partial charge < -0.3 is 9.88 Å². The minimum absolute atomic E-state index is 0.889. The summed E-state index contributed by atoms with van der Waals surface area (Å²) in [6.45, 7) is 0.889. The third-order valence-electron chi connectivity index (χ3n) is 0.562.